The molecule has 0 aromatic heterocycles. The Kier molecular flexibility index (Phi) is 10.7. The molecule has 26 heavy (non-hydrogen) atoms. The first kappa shape index (κ1) is 23.3. The van der Waals surface area contributed by atoms with Gasteiger partial charge in [0.05, 0.1) is 5.92 Å². The van der Waals surface area contributed by atoms with Gasteiger partial charge >= 0.3 is 0 Å². The number of halogens is 3. The highest BCUT2D eigenvalue weighted by molar-refractivity contribution is 6.30. The first-order chi connectivity index (χ1) is 11.7. The number of piperazine rings is 1. The second-order valence-electron chi connectivity index (χ2n) is 6.51. The maximum Gasteiger partial charge on any atom is 0.227 e. The largest absolute Gasteiger partial charge is 0.492 e. The molecule has 8 heteroatoms. The van der Waals surface area contributed by atoms with Gasteiger partial charge in [0.1, 0.15) is 12.4 Å². The van der Waals surface area contributed by atoms with Crippen molar-refractivity contribution >= 4 is 42.3 Å². The minimum atomic E-state index is 0. The highest BCUT2D eigenvalue weighted by atomic mass is 35.5. The molecule has 1 aromatic rings. The molecule has 0 aliphatic carbocycles. The minimum absolute atomic E-state index is 0. The molecular weight excluding hydrogens is 397 g/mol. The Morgan fingerprint density at radius 1 is 1.15 bits per heavy atom. The van der Waals surface area contributed by atoms with Gasteiger partial charge in [0.2, 0.25) is 5.91 Å². The fraction of sp³-hybridized carbons (Fsp3) is 0.611. The van der Waals surface area contributed by atoms with Gasteiger partial charge in [0.15, 0.2) is 0 Å². The normalized spacial score (nSPS) is 20.7. The fourth-order valence-corrected chi connectivity index (χ4v) is 3.46. The van der Waals surface area contributed by atoms with Crippen LogP contribution in [0.25, 0.3) is 0 Å². The molecule has 2 aliphatic heterocycles. The molecule has 0 spiro atoms. The van der Waals surface area contributed by atoms with E-state index in [9.17, 15) is 4.79 Å². The summed E-state index contributed by atoms with van der Waals surface area (Å²) >= 11 is 5.86. The standard InChI is InChI=1S/C18H26ClN3O2.2ClH/c19-16-3-5-17(6-4-16)24-13-12-21-8-10-22(11-9-21)18(23)15-2-1-7-20-14-15;;/h3-6,15,20H,1-2,7-14H2;2*1H. The van der Waals surface area contributed by atoms with Gasteiger partial charge in [-0.1, -0.05) is 11.6 Å². The molecule has 0 radical (unpaired) electrons. The Hall–Kier alpha value is -0.720. The highest BCUT2D eigenvalue weighted by Gasteiger charge is 2.28. The van der Waals surface area contributed by atoms with Crippen LogP contribution in [0.3, 0.4) is 0 Å². The first-order valence-electron chi connectivity index (χ1n) is 8.82. The van der Waals surface area contributed by atoms with Crippen LogP contribution in [-0.2, 0) is 4.79 Å². The number of rotatable bonds is 5. The zero-order valence-corrected chi connectivity index (χ0v) is 17.3. The van der Waals surface area contributed by atoms with E-state index in [0.717, 1.165) is 69.4 Å². The molecule has 2 saturated heterocycles. The average Bonchev–Trinajstić information content (AvgIpc) is 2.64. The third-order valence-corrected chi connectivity index (χ3v) is 5.07. The molecule has 148 valence electrons. The van der Waals surface area contributed by atoms with Gasteiger partial charge in [-0.15, -0.1) is 24.8 Å². The van der Waals surface area contributed by atoms with Crippen LogP contribution in [0.15, 0.2) is 24.3 Å². The van der Waals surface area contributed by atoms with Crippen LogP contribution in [-0.4, -0.2) is 68.1 Å². The van der Waals surface area contributed by atoms with Crippen LogP contribution in [0.2, 0.25) is 5.02 Å². The van der Waals surface area contributed by atoms with Crippen LogP contribution in [0.5, 0.6) is 5.75 Å². The minimum Gasteiger partial charge on any atom is -0.492 e. The van der Waals surface area contributed by atoms with Crippen LogP contribution < -0.4 is 10.1 Å². The number of hydrogen-bond donors (Lipinski definition) is 1. The summed E-state index contributed by atoms with van der Waals surface area (Å²) in [7, 11) is 0. The number of nitrogens with one attached hydrogen (secondary N) is 1. The number of carbonyl (C=O) groups excluding carboxylic acids is 1. The van der Waals surface area contributed by atoms with Gasteiger partial charge in [-0.2, -0.15) is 0 Å². The smallest absolute Gasteiger partial charge is 0.227 e. The topological polar surface area (TPSA) is 44.8 Å². The number of nitrogens with zero attached hydrogens (tertiary/aromatic N) is 2. The number of benzene rings is 1. The van der Waals surface area contributed by atoms with Crippen molar-refractivity contribution in [2.24, 2.45) is 5.92 Å². The number of ether oxygens (including phenoxy) is 1. The van der Waals surface area contributed by atoms with E-state index in [1.807, 2.05) is 29.2 Å². The lowest BCUT2D eigenvalue weighted by molar-refractivity contribution is -0.137. The van der Waals surface area contributed by atoms with E-state index in [1.165, 1.54) is 0 Å². The summed E-state index contributed by atoms with van der Waals surface area (Å²) in [5.74, 6) is 1.36. The van der Waals surface area contributed by atoms with Crippen molar-refractivity contribution in [3.63, 3.8) is 0 Å². The van der Waals surface area contributed by atoms with Crippen molar-refractivity contribution in [3.05, 3.63) is 29.3 Å². The Morgan fingerprint density at radius 3 is 2.46 bits per heavy atom. The van der Waals surface area contributed by atoms with Gasteiger partial charge in [0, 0.05) is 44.3 Å². The number of piperidine rings is 1. The molecule has 3 rings (SSSR count). The van der Waals surface area contributed by atoms with E-state index in [4.69, 9.17) is 16.3 Å². The molecule has 1 atom stereocenters. The maximum absolute atomic E-state index is 12.5. The van der Waals surface area contributed by atoms with Crippen LogP contribution in [0.4, 0.5) is 0 Å². The van der Waals surface area contributed by atoms with E-state index < -0.39 is 0 Å². The molecule has 1 amide bonds. The maximum atomic E-state index is 12.5. The summed E-state index contributed by atoms with van der Waals surface area (Å²) in [6.45, 7) is 6.94. The van der Waals surface area contributed by atoms with Crippen molar-refractivity contribution in [1.29, 1.82) is 0 Å². The molecule has 0 saturated carbocycles. The van der Waals surface area contributed by atoms with E-state index in [2.05, 4.69) is 10.2 Å². The summed E-state index contributed by atoms with van der Waals surface area (Å²) in [5, 5.41) is 4.05. The van der Waals surface area contributed by atoms with Gasteiger partial charge < -0.3 is 15.0 Å². The van der Waals surface area contributed by atoms with Gasteiger partial charge in [-0.25, -0.2) is 0 Å². The summed E-state index contributed by atoms with van der Waals surface area (Å²) < 4.78 is 5.74. The van der Waals surface area contributed by atoms with Crippen LogP contribution in [0.1, 0.15) is 12.8 Å². The first-order valence-corrected chi connectivity index (χ1v) is 9.20. The van der Waals surface area contributed by atoms with Crippen molar-refractivity contribution < 1.29 is 9.53 Å². The molecule has 0 bridgehead atoms. The Balaban J connectivity index is 0.00000169. The van der Waals surface area contributed by atoms with E-state index >= 15 is 0 Å². The zero-order chi connectivity index (χ0) is 16.8. The van der Waals surface area contributed by atoms with E-state index in [-0.39, 0.29) is 30.7 Å². The monoisotopic (exact) mass is 423 g/mol. The third-order valence-electron chi connectivity index (χ3n) is 4.82. The average molecular weight is 425 g/mol. The fourth-order valence-electron chi connectivity index (χ4n) is 3.34. The quantitative estimate of drug-likeness (QED) is 0.789. The van der Waals surface area contributed by atoms with Crippen LogP contribution >= 0.6 is 36.4 Å². The van der Waals surface area contributed by atoms with Gasteiger partial charge in [-0.3, -0.25) is 9.69 Å². The van der Waals surface area contributed by atoms with Gasteiger partial charge in [0.25, 0.3) is 0 Å². The predicted octanol–water partition coefficient (Wildman–Crippen LogP) is 2.71. The molecule has 2 fully saturated rings. The molecule has 2 aliphatic rings. The summed E-state index contributed by atoms with van der Waals surface area (Å²) in [6.07, 6.45) is 2.14. The lowest BCUT2D eigenvalue weighted by atomic mass is 9.98. The molecule has 1 aromatic carbocycles. The lowest BCUT2D eigenvalue weighted by Crippen LogP contribution is -2.52. The number of carbonyl (C=O) groups is 1. The van der Waals surface area contributed by atoms with Crippen molar-refractivity contribution in [2.45, 2.75) is 12.8 Å². The number of hydrogen-bond acceptors (Lipinski definition) is 4. The molecule has 1 N–H and O–H groups in total. The van der Waals surface area contributed by atoms with E-state index in [1.54, 1.807) is 0 Å². The molecular formula is C18H28Cl3N3O2. The highest BCUT2D eigenvalue weighted by Crippen LogP contribution is 2.16. The second-order valence-corrected chi connectivity index (χ2v) is 6.95. The molecule has 5 nitrogen and oxygen atoms in total. The van der Waals surface area contributed by atoms with E-state index in [0.29, 0.717) is 12.5 Å². The SMILES string of the molecule is Cl.Cl.O=C(C1CCCNC1)N1CCN(CCOc2ccc(Cl)cc2)CC1. The van der Waals surface area contributed by atoms with Crippen molar-refractivity contribution in [1.82, 2.24) is 15.1 Å². The second kappa shape index (κ2) is 11.9. The van der Waals surface area contributed by atoms with Crippen molar-refractivity contribution in [3.8, 4) is 5.75 Å². The lowest BCUT2D eigenvalue weighted by Gasteiger charge is -2.37. The summed E-state index contributed by atoms with van der Waals surface area (Å²) in [5.41, 5.74) is 0. The zero-order valence-electron chi connectivity index (χ0n) is 14.9. The third kappa shape index (κ3) is 6.78. The van der Waals surface area contributed by atoms with Gasteiger partial charge in [-0.05, 0) is 43.7 Å². The molecule has 1 unspecified atom stereocenters. The summed E-state index contributed by atoms with van der Waals surface area (Å²) in [6, 6.07) is 7.44. The Labute approximate surface area is 173 Å². The number of amides is 1. The van der Waals surface area contributed by atoms with Crippen molar-refractivity contribution in [2.75, 3.05) is 52.4 Å². The molecule has 2 heterocycles. The van der Waals surface area contributed by atoms with Crippen LogP contribution in [0, 0.1) is 5.92 Å². The Bertz CT molecular complexity index is 531. The Morgan fingerprint density at radius 2 is 1.85 bits per heavy atom. The summed E-state index contributed by atoms with van der Waals surface area (Å²) in [4.78, 5) is 16.9. The predicted molar refractivity (Wildman–Crippen MR) is 110 cm³/mol.